The van der Waals surface area contributed by atoms with Crippen LogP contribution in [0.15, 0.2) is 114 Å². The second-order valence-corrected chi connectivity index (χ2v) is 11.1. The van der Waals surface area contributed by atoms with Gasteiger partial charge in [-0.2, -0.15) is 0 Å². The molecule has 1 N–H and O–H groups in total. The Labute approximate surface area is 252 Å². The first-order valence-electron chi connectivity index (χ1n) is 13.9. The van der Waals surface area contributed by atoms with E-state index < -0.39 is 5.54 Å². The van der Waals surface area contributed by atoms with E-state index in [4.69, 9.17) is 16.0 Å². The molecule has 0 radical (unpaired) electrons. The number of halogens is 2. The van der Waals surface area contributed by atoms with Gasteiger partial charge in [-0.15, -0.1) is 0 Å². The predicted octanol–water partition coefficient (Wildman–Crippen LogP) is 8.85. The monoisotopic (exact) mass is 586 g/mol. The average molecular weight is 587 g/mol. The van der Waals surface area contributed by atoms with Crippen molar-refractivity contribution in [2.45, 2.75) is 18.4 Å². The standard InChI is InChI=1S/C36H24ClFN2O3/c37-31-6-2-1-5-27(31)26-14-10-23(20-29(26)35(42)40-36(16-17-36)33-7-3-4-18-39-33)24-11-15-32-28(19-24)30(21-41)34(43-32)22-8-12-25(38)13-9-22/h1-15,18-21H,16-17H2,(H,40,42). The smallest absolute Gasteiger partial charge is 0.252 e. The van der Waals surface area contributed by atoms with Crippen LogP contribution >= 0.6 is 11.6 Å². The Bertz CT molecular complexity index is 2020. The van der Waals surface area contributed by atoms with Gasteiger partial charge in [-0.25, -0.2) is 4.39 Å². The second-order valence-electron chi connectivity index (χ2n) is 10.7. The quantitative estimate of drug-likeness (QED) is 0.190. The molecule has 7 heteroatoms. The molecule has 4 aromatic carbocycles. The molecule has 210 valence electrons. The maximum Gasteiger partial charge on any atom is 0.252 e. The van der Waals surface area contributed by atoms with Gasteiger partial charge in [0.05, 0.1) is 16.8 Å². The third-order valence-electron chi connectivity index (χ3n) is 7.97. The lowest BCUT2D eigenvalue weighted by Crippen LogP contribution is -2.35. The van der Waals surface area contributed by atoms with Gasteiger partial charge in [-0.1, -0.05) is 54.1 Å². The van der Waals surface area contributed by atoms with Gasteiger partial charge in [0.15, 0.2) is 6.29 Å². The molecule has 1 fully saturated rings. The van der Waals surface area contributed by atoms with Crippen LogP contribution < -0.4 is 5.32 Å². The van der Waals surface area contributed by atoms with Crippen LogP contribution in [-0.4, -0.2) is 17.2 Å². The molecule has 0 spiro atoms. The Morgan fingerprint density at radius 1 is 0.860 bits per heavy atom. The van der Waals surface area contributed by atoms with Crippen molar-refractivity contribution in [3.8, 4) is 33.6 Å². The van der Waals surface area contributed by atoms with Crippen LogP contribution in [0.2, 0.25) is 5.02 Å². The molecule has 43 heavy (non-hydrogen) atoms. The van der Waals surface area contributed by atoms with Gasteiger partial charge in [0.2, 0.25) is 0 Å². The Balaban J connectivity index is 1.32. The van der Waals surface area contributed by atoms with E-state index in [1.54, 1.807) is 30.5 Å². The highest BCUT2D eigenvalue weighted by atomic mass is 35.5. The minimum absolute atomic E-state index is 0.225. The summed E-state index contributed by atoms with van der Waals surface area (Å²) in [6, 6.07) is 30.2. The average Bonchev–Trinajstić information content (AvgIpc) is 3.73. The lowest BCUT2D eigenvalue weighted by molar-refractivity contribution is 0.0930. The zero-order valence-electron chi connectivity index (χ0n) is 22.8. The number of hydrogen-bond acceptors (Lipinski definition) is 4. The summed E-state index contributed by atoms with van der Waals surface area (Å²) in [6.07, 6.45) is 4.09. The summed E-state index contributed by atoms with van der Waals surface area (Å²) in [7, 11) is 0. The van der Waals surface area contributed by atoms with E-state index in [2.05, 4.69) is 10.3 Å². The SMILES string of the molecule is O=Cc1c(-c2ccc(F)cc2)oc2ccc(-c3ccc(-c4ccccc4Cl)c(C(=O)NC4(c5ccccn5)CC4)c3)cc12. The number of furan rings is 1. The summed E-state index contributed by atoms with van der Waals surface area (Å²) in [5.41, 5.74) is 5.36. The van der Waals surface area contributed by atoms with E-state index in [9.17, 15) is 14.0 Å². The summed E-state index contributed by atoms with van der Waals surface area (Å²) in [5.74, 6) is -0.223. The van der Waals surface area contributed by atoms with E-state index in [1.807, 2.05) is 66.7 Å². The molecule has 0 bridgehead atoms. The van der Waals surface area contributed by atoms with Crippen LogP contribution in [0.25, 0.3) is 44.5 Å². The molecular formula is C36H24ClFN2O3. The fourth-order valence-electron chi connectivity index (χ4n) is 5.56. The summed E-state index contributed by atoms with van der Waals surface area (Å²) < 4.78 is 19.5. The van der Waals surface area contributed by atoms with E-state index in [0.717, 1.165) is 41.5 Å². The van der Waals surface area contributed by atoms with E-state index >= 15 is 0 Å². The van der Waals surface area contributed by atoms with Crippen LogP contribution in [-0.2, 0) is 5.54 Å². The molecule has 2 aromatic heterocycles. The molecule has 1 aliphatic rings. The third-order valence-corrected chi connectivity index (χ3v) is 8.30. The highest BCUT2D eigenvalue weighted by Gasteiger charge is 2.47. The van der Waals surface area contributed by atoms with Crippen molar-refractivity contribution in [2.75, 3.05) is 0 Å². The lowest BCUT2D eigenvalue weighted by atomic mass is 9.93. The molecular weight excluding hydrogens is 563 g/mol. The van der Waals surface area contributed by atoms with Gasteiger partial charge in [0.25, 0.3) is 5.91 Å². The number of carbonyl (C=O) groups excluding carboxylic acids is 2. The molecule has 0 unspecified atom stereocenters. The van der Waals surface area contributed by atoms with E-state index in [-0.39, 0.29) is 11.7 Å². The van der Waals surface area contributed by atoms with Crippen LogP contribution in [0.1, 0.15) is 39.3 Å². The van der Waals surface area contributed by atoms with Crippen molar-refractivity contribution in [3.05, 3.63) is 137 Å². The van der Waals surface area contributed by atoms with E-state index in [0.29, 0.717) is 44.0 Å². The summed E-state index contributed by atoms with van der Waals surface area (Å²) in [4.78, 5) is 30.7. The maximum absolute atomic E-state index is 14.0. The van der Waals surface area contributed by atoms with Gasteiger partial charge in [-0.3, -0.25) is 14.6 Å². The first-order valence-corrected chi connectivity index (χ1v) is 14.2. The molecule has 5 nitrogen and oxygen atoms in total. The number of nitrogens with zero attached hydrogens (tertiary/aromatic N) is 1. The molecule has 2 heterocycles. The fraction of sp³-hybridized carbons (Fsp3) is 0.0833. The molecule has 1 amide bonds. The minimum Gasteiger partial charge on any atom is -0.455 e. The molecule has 6 aromatic rings. The van der Waals surface area contributed by atoms with Crippen molar-refractivity contribution < 1.29 is 18.4 Å². The molecule has 0 saturated heterocycles. The Morgan fingerprint density at radius 3 is 2.30 bits per heavy atom. The van der Waals surface area contributed by atoms with Crippen molar-refractivity contribution in [1.82, 2.24) is 10.3 Å². The molecule has 0 atom stereocenters. The number of benzene rings is 4. The number of nitrogens with one attached hydrogen (secondary N) is 1. The highest BCUT2D eigenvalue weighted by Crippen LogP contribution is 2.45. The molecule has 7 rings (SSSR count). The van der Waals surface area contributed by atoms with Gasteiger partial charge in [-0.05, 0) is 90.2 Å². The zero-order valence-corrected chi connectivity index (χ0v) is 23.6. The van der Waals surface area contributed by atoms with Crippen LogP contribution in [0.4, 0.5) is 4.39 Å². The van der Waals surface area contributed by atoms with Gasteiger partial charge in [0.1, 0.15) is 17.2 Å². The van der Waals surface area contributed by atoms with Crippen LogP contribution in [0.5, 0.6) is 0 Å². The normalized spacial score (nSPS) is 13.5. The number of fused-ring (bicyclic) bond motifs is 1. The topological polar surface area (TPSA) is 72.2 Å². The summed E-state index contributed by atoms with van der Waals surface area (Å²) in [6.45, 7) is 0. The number of pyridine rings is 1. The molecule has 0 aliphatic heterocycles. The van der Waals surface area contributed by atoms with Gasteiger partial charge >= 0.3 is 0 Å². The summed E-state index contributed by atoms with van der Waals surface area (Å²) in [5, 5.41) is 4.41. The fourth-order valence-corrected chi connectivity index (χ4v) is 5.79. The Hall–Kier alpha value is -5.07. The van der Waals surface area contributed by atoms with Crippen molar-refractivity contribution in [3.63, 3.8) is 0 Å². The van der Waals surface area contributed by atoms with Gasteiger partial charge in [0, 0.05) is 33.3 Å². The Morgan fingerprint density at radius 2 is 1.58 bits per heavy atom. The zero-order chi connectivity index (χ0) is 29.6. The maximum atomic E-state index is 14.0. The first kappa shape index (κ1) is 26.8. The van der Waals surface area contributed by atoms with Crippen molar-refractivity contribution in [2.24, 2.45) is 0 Å². The second kappa shape index (κ2) is 10.6. The number of carbonyl (C=O) groups is 2. The minimum atomic E-state index is -0.503. The largest absolute Gasteiger partial charge is 0.455 e. The Kier molecular flexibility index (Phi) is 6.63. The van der Waals surface area contributed by atoms with E-state index in [1.165, 1.54) is 12.1 Å². The lowest BCUT2D eigenvalue weighted by Gasteiger charge is -2.19. The van der Waals surface area contributed by atoms with Crippen LogP contribution in [0.3, 0.4) is 0 Å². The molecule has 1 saturated carbocycles. The van der Waals surface area contributed by atoms with Crippen molar-refractivity contribution >= 4 is 34.8 Å². The van der Waals surface area contributed by atoms with Gasteiger partial charge < -0.3 is 9.73 Å². The number of aromatic nitrogens is 1. The highest BCUT2D eigenvalue weighted by molar-refractivity contribution is 6.33. The molecule has 1 aliphatic carbocycles. The number of aldehydes is 1. The number of hydrogen-bond donors (Lipinski definition) is 1. The number of rotatable bonds is 7. The number of amides is 1. The third kappa shape index (κ3) is 4.90. The first-order chi connectivity index (χ1) is 21.0. The van der Waals surface area contributed by atoms with Crippen molar-refractivity contribution in [1.29, 1.82) is 0 Å². The summed E-state index contributed by atoms with van der Waals surface area (Å²) >= 11 is 6.59. The predicted molar refractivity (Wildman–Crippen MR) is 165 cm³/mol. The van der Waals surface area contributed by atoms with Crippen LogP contribution in [0, 0.1) is 5.82 Å².